The molecule has 3 N–H and O–H groups in total. The van der Waals surface area contributed by atoms with Crippen molar-refractivity contribution < 1.29 is 14.6 Å². The fourth-order valence-corrected chi connectivity index (χ4v) is 1.20. The summed E-state index contributed by atoms with van der Waals surface area (Å²) in [5.41, 5.74) is 0.660. The normalized spacial score (nSPS) is 10.4. The molecule has 0 aliphatic rings. The van der Waals surface area contributed by atoms with Gasteiger partial charge < -0.3 is 15.5 Å². The van der Waals surface area contributed by atoms with E-state index in [4.69, 9.17) is 15.5 Å². The highest BCUT2D eigenvalue weighted by molar-refractivity contribution is 5.32. The first-order valence-corrected chi connectivity index (χ1v) is 4.85. The summed E-state index contributed by atoms with van der Waals surface area (Å²) in [6, 6.07) is 5.56. The maximum absolute atomic E-state index is 13.4. The Morgan fingerprint density at radius 3 is 2.56 bits per heavy atom. The number of hydrogen-bond acceptors (Lipinski definition) is 4. The number of nitrogens with zero attached hydrogens (tertiary/aromatic N) is 1. The molecule has 1 rings (SSSR count). The van der Waals surface area contributed by atoms with Crippen LogP contribution in [0.3, 0.4) is 0 Å². The second-order valence-electron chi connectivity index (χ2n) is 3.36. The number of nitriles is 1. The topological polar surface area (TPSA) is 76.3 Å². The van der Waals surface area contributed by atoms with Gasteiger partial charge in [-0.25, -0.2) is 4.39 Å². The second kappa shape index (κ2) is 6.18. The van der Waals surface area contributed by atoms with Crippen LogP contribution < -0.4 is 5.32 Å². The Morgan fingerprint density at radius 2 is 2.06 bits per heavy atom. The Bertz CT molecular complexity index is 386. The van der Waals surface area contributed by atoms with Crippen LogP contribution in [0.5, 0.6) is 0 Å². The molecule has 0 aliphatic heterocycles. The highest BCUT2D eigenvalue weighted by atomic mass is 19.1. The molecule has 0 spiro atoms. The molecule has 0 fully saturated rings. The minimum atomic E-state index is -0.471. The lowest BCUT2D eigenvalue weighted by Crippen LogP contribution is -2.35. The minimum absolute atomic E-state index is 0.198. The quantitative estimate of drug-likeness (QED) is 0.665. The van der Waals surface area contributed by atoms with Crippen molar-refractivity contribution in [3.63, 3.8) is 0 Å². The summed E-state index contributed by atoms with van der Waals surface area (Å²) in [6.07, 6.45) is 0. The number of halogens is 1. The van der Waals surface area contributed by atoms with Crippen LogP contribution in [-0.4, -0.2) is 29.5 Å². The van der Waals surface area contributed by atoms with Gasteiger partial charge in [-0.15, -0.1) is 0 Å². The van der Waals surface area contributed by atoms with Crippen LogP contribution in [0.2, 0.25) is 0 Å². The van der Waals surface area contributed by atoms with E-state index in [1.165, 1.54) is 12.1 Å². The van der Waals surface area contributed by atoms with Gasteiger partial charge in [0.05, 0.1) is 30.9 Å². The van der Waals surface area contributed by atoms with Gasteiger partial charge in [0, 0.05) is 12.1 Å². The largest absolute Gasteiger partial charge is 0.395 e. The molecule has 1 aromatic carbocycles. The third-order valence-corrected chi connectivity index (χ3v) is 2.20. The van der Waals surface area contributed by atoms with Gasteiger partial charge in [0.25, 0.3) is 0 Å². The first-order valence-electron chi connectivity index (χ1n) is 4.85. The molecule has 5 heteroatoms. The van der Waals surface area contributed by atoms with E-state index in [0.717, 1.165) is 6.07 Å². The maximum atomic E-state index is 13.4. The van der Waals surface area contributed by atoms with Gasteiger partial charge in [-0.3, -0.25) is 0 Å². The number of rotatable bonds is 5. The molecule has 16 heavy (non-hydrogen) atoms. The van der Waals surface area contributed by atoms with E-state index in [1.807, 2.05) is 6.07 Å². The molecule has 0 aromatic heterocycles. The smallest absolute Gasteiger partial charge is 0.129 e. The Labute approximate surface area is 93.0 Å². The Hall–Kier alpha value is -1.48. The molecule has 0 unspecified atom stereocenters. The lowest BCUT2D eigenvalue weighted by atomic mass is 10.1. The van der Waals surface area contributed by atoms with E-state index >= 15 is 0 Å². The summed E-state index contributed by atoms with van der Waals surface area (Å²) in [6.45, 7) is -0.230. The Morgan fingerprint density at radius 1 is 1.38 bits per heavy atom. The predicted molar refractivity (Wildman–Crippen MR) is 55.9 cm³/mol. The predicted octanol–water partition coefficient (Wildman–Crippen LogP) is 0.140. The molecular formula is C11H13FN2O2. The Balaban J connectivity index is 2.65. The van der Waals surface area contributed by atoms with Crippen LogP contribution in [0.25, 0.3) is 0 Å². The van der Waals surface area contributed by atoms with Gasteiger partial charge >= 0.3 is 0 Å². The Kier molecular flexibility index (Phi) is 4.86. The van der Waals surface area contributed by atoms with Crippen LogP contribution >= 0.6 is 0 Å². The summed E-state index contributed by atoms with van der Waals surface area (Å²) in [5, 5.41) is 28.9. The van der Waals surface area contributed by atoms with E-state index in [1.54, 1.807) is 0 Å². The number of aliphatic hydroxyl groups is 2. The standard InChI is InChI=1S/C11H13FN2O2/c12-11-3-8(4-13)1-2-9(11)5-14-10(6-15)7-16/h1-3,10,14-16H,5-7H2. The average molecular weight is 224 g/mol. The number of hydrogen-bond donors (Lipinski definition) is 3. The minimum Gasteiger partial charge on any atom is -0.395 e. The monoisotopic (exact) mass is 224 g/mol. The van der Waals surface area contributed by atoms with Crippen molar-refractivity contribution in [2.45, 2.75) is 12.6 Å². The van der Waals surface area contributed by atoms with E-state index < -0.39 is 11.9 Å². The molecule has 0 radical (unpaired) electrons. The van der Waals surface area contributed by atoms with E-state index in [0.29, 0.717) is 5.56 Å². The molecule has 1 aromatic rings. The summed E-state index contributed by atoms with van der Waals surface area (Å²) < 4.78 is 13.4. The summed E-state index contributed by atoms with van der Waals surface area (Å²) in [7, 11) is 0. The number of nitrogens with one attached hydrogen (secondary N) is 1. The first-order chi connectivity index (χ1) is 7.71. The second-order valence-corrected chi connectivity index (χ2v) is 3.36. The fraction of sp³-hybridized carbons (Fsp3) is 0.364. The van der Waals surface area contributed by atoms with Crippen molar-refractivity contribution in [3.8, 4) is 6.07 Å². The van der Waals surface area contributed by atoms with Gasteiger partial charge in [0.2, 0.25) is 0 Å². The summed E-state index contributed by atoms with van der Waals surface area (Å²) in [5.74, 6) is -0.471. The zero-order valence-electron chi connectivity index (χ0n) is 8.65. The van der Waals surface area contributed by atoms with Crippen LogP contribution in [-0.2, 0) is 6.54 Å². The van der Waals surface area contributed by atoms with Crippen LogP contribution in [0.4, 0.5) is 4.39 Å². The molecule has 0 amide bonds. The van der Waals surface area contributed by atoms with Crippen molar-refractivity contribution >= 4 is 0 Å². The molecule has 86 valence electrons. The van der Waals surface area contributed by atoms with Gasteiger partial charge in [0.15, 0.2) is 0 Å². The van der Waals surface area contributed by atoms with Gasteiger partial charge in [0.1, 0.15) is 5.82 Å². The zero-order valence-corrected chi connectivity index (χ0v) is 8.65. The van der Waals surface area contributed by atoms with Crippen LogP contribution in [0.1, 0.15) is 11.1 Å². The third-order valence-electron chi connectivity index (χ3n) is 2.20. The fourth-order valence-electron chi connectivity index (χ4n) is 1.20. The van der Waals surface area contributed by atoms with E-state index in [-0.39, 0.29) is 25.3 Å². The van der Waals surface area contributed by atoms with Gasteiger partial charge in [-0.05, 0) is 12.1 Å². The molecule has 0 aliphatic carbocycles. The highest BCUT2D eigenvalue weighted by Gasteiger charge is 2.07. The van der Waals surface area contributed by atoms with E-state index in [9.17, 15) is 4.39 Å². The van der Waals surface area contributed by atoms with Crippen molar-refractivity contribution in [3.05, 3.63) is 35.1 Å². The molecule has 0 saturated heterocycles. The van der Waals surface area contributed by atoms with Crippen LogP contribution in [0.15, 0.2) is 18.2 Å². The molecule has 0 bridgehead atoms. The molecule has 0 saturated carbocycles. The number of benzene rings is 1. The maximum Gasteiger partial charge on any atom is 0.129 e. The SMILES string of the molecule is N#Cc1ccc(CNC(CO)CO)c(F)c1. The zero-order chi connectivity index (χ0) is 12.0. The molecule has 0 heterocycles. The lowest BCUT2D eigenvalue weighted by molar-refractivity contribution is 0.170. The highest BCUT2D eigenvalue weighted by Crippen LogP contribution is 2.09. The van der Waals surface area contributed by atoms with Crippen molar-refractivity contribution in [1.82, 2.24) is 5.32 Å². The van der Waals surface area contributed by atoms with Gasteiger partial charge in [-0.2, -0.15) is 5.26 Å². The average Bonchev–Trinajstić information content (AvgIpc) is 2.32. The van der Waals surface area contributed by atoms with Crippen molar-refractivity contribution in [1.29, 1.82) is 5.26 Å². The molecule has 4 nitrogen and oxygen atoms in total. The van der Waals surface area contributed by atoms with Crippen molar-refractivity contribution in [2.75, 3.05) is 13.2 Å². The molecular weight excluding hydrogens is 211 g/mol. The van der Waals surface area contributed by atoms with E-state index in [2.05, 4.69) is 5.32 Å². The third kappa shape index (κ3) is 3.28. The van der Waals surface area contributed by atoms with Crippen LogP contribution in [0, 0.1) is 17.1 Å². The first kappa shape index (κ1) is 12.6. The van der Waals surface area contributed by atoms with Gasteiger partial charge in [-0.1, -0.05) is 6.07 Å². The lowest BCUT2D eigenvalue weighted by Gasteiger charge is -2.13. The van der Waals surface area contributed by atoms with Crippen molar-refractivity contribution in [2.24, 2.45) is 0 Å². The molecule has 0 atom stereocenters. The summed E-state index contributed by atoms with van der Waals surface area (Å²) >= 11 is 0. The number of aliphatic hydroxyl groups excluding tert-OH is 2. The summed E-state index contributed by atoms with van der Waals surface area (Å²) in [4.78, 5) is 0.